The molecule has 2 heterocycles. The van der Waals surface area contributed by atoms with E-state index in [4.69, 9.17) is 4.74 Å². The lowest BCUT2D eigenvalue weighted by Crippen LogP contribution is -2.45. The van der Waals surface area contributed by atoms with Crippen molar-refractivity contribution in [2.75, 3.05) is 52.4 Å². The van der Waals surface area contributed by atoms with Crippen LogP contribution in [0.3, 0.4) is 0 Å². The van der Waals surface area contributed by atoms with E-state index < -0.39 is 0 Å². The van der Waals surface area contributed by atoms with E-state index in [0.29, 0.717) is 26.2 Å². The summed E-state index contributed by atoms with van der Waals surface area (Å²) >= 11 is 0. The van der Waals surface area contributed by atoms with Crippen molar-refractivity contribution in [1.82, 2.24) is 20.0 Å². The molecule has 0 unspecified atom stereocenters. The highest BCUT2D eigenvalue weighted by Gasteiger charge is 2.25. The highest BCUT2D eigenvalue weighted by Crippen LogP contribution is 2.27. The molecule has 3 rings (SSSR count). The van der Waals surface area contributed by atoms with Crippen LogP contribution in [0.25, 0.3) is 0 Å². The van der Waals surface area contributed by atoms with Crippen LogP contribution in [0.1, 0.15) is 25.8 Å². The van der Waals surface area contributed by atoms with Crippen LogP contribution >= 0.6 is 0 Å². The SMILES string of the molecule is CCN(CC)C(=O)CN1CCCN(C(=O)NC[C@@H]2Cc3ccccc3O2)CC1. The molecule has 0 spiro atoms. The first kappa shape index (κ1) is 20.5. The second kappa shape index (κ2) is 9.78. The fourth-order valence-electron chi connectivity index (χ4n) is 3.88. The number of likely N-dealkylation sites (N-methyl/N-ethyl adjacent to an activating group) is 1. The summed E-state index contributed by atoms with van der Waals surface area (Å²) in [5, 5.41) is 3.02. The van der Waals surface area contributed by atoms with E-state index in [1.54, 1.807) is 0 Å². The molecule has 0 radical (unpaired) electrons. The van der Waals surface area contributed by atoms with Gasteiger partial charge in [-0.05, 0) is 31.9 Å². The summed E-state index contributed by atoms with van der Waals surface area (Å²) in [5.41, 5.74) is 1.20. The maximum absolute atomic E-state index is 12.6. The van der Waals surface area contributed by atoms with Gasteiger partial charge in [0.1, 0.15) is 11.9 Å². The minimum Gasteiger partial charge on any atom is -0.488 e. The summed E-state index contributed by atoms with van der Waals surface area (Å²) in [6.07, 6.45) is 1.71. The van der Waals surface area contributed by atoms with E-state index in [-0.39, 0.29) is 18.0 Å². The predicted molar refractivity (Wildman–Crippen MR) is 109 cm³/mol. The molecule has 1 N–H and O–H groups in total. The molecule has 0 aliphatic carbocycles. The summed E-state index contributed by atoms with van der Waals surface area (Å²) in [4.78, 5) is 30.8. The average molecular weight is 389 g/mol. The Balaban J connectivity index is 1.41. The van der Waals surface area contributed by atoms with Crippen LogP contribution in [0.5, 0.6) is 5.75 Å². The zero-order valence-corrected chi connectivity index (χ0v) is 17.0. The smallest absolute Gasteiger partial charge is 0.317 e. The van der Waals surface area contributed by atoms with Crippen molar-refractivity contribution in [2.24, 2.45) is 0 Å². The van der Waals surface area contributed by atoms with Crippen LogP contribution in [-0.2, 0) is 11.2 Å². The van der Waals surface area contributed by atoms with E-state index in [1.165, 1.54) is 5.56 Å². The van der Waals surface area contributed by atoms with E-state index in [1.807, 2.05) is 41.8 Å². The third-order valence-electron chi connectivity index (χ3n) is 5.55. The van der Waals surface area contributed by atoms with Crippen LogP contribution < -0.4 is 10.1 Å². The number of hydrogen-bond donors (Lipinski definition) is 1. The average Bonchev–Trinajstić information content (AvgIpc) is 2.98. The minimum atomic E-state index is -0.0449. The molecule has 1 saturated heterocycles. The molecule has 3 amide bonds. The van der Waals surface area contributed by atoms with Gasteiger partial charge in [-0.1, -0.05) is 18.2 Å². The summed E-state index contributed by atoms with van der Waals surface area (Å²) in [6, 6.07) is 7.97. The third-order valence-corrected chi connectivity index (χ3v) is 5.55. The lowest BCUT2D eigenvalue weighted by atomic mass is 10.1. The van der Waals surface area contributed by atoms with E-state index >= 15 is 0 Å². The number of carbonyl (C=O) groups excluding carboxylic acids is 2. The zero-order valence-electron chi connectivity index (χ0n) is 17.0. The summed E-state index contributed by atoms with van der Waals surface area (Å²) in [6.45, 7) is 9.36. The van der Waals surface area contributed by atoms with Gasteiger partial charge in [0, 0.05) is 45.7 Å². The van der Waals surface area contributed by atoms with Gasteiger partial charge in [-0.25, -0.2) is 4.79 Å². The van der Waals surface area contributed by atoms with Crippen molar-refractivity contribution in [3.8, 4) is 5.75 Å². The normalized spacial score (nSPS) is 19.5. The summed E-state index contributed by atoms with van der Waals surface area (Å²) in [5.74, 6) is 1.09. The Morgan fingerprint density at radius 3 is 2.68 bits per heavy atom. The molecule has 1 fully saturated rings. The lowest BCUT2D eigenvalue weighted by Gasteiger charge is -2.25. The zero-order chi connectivity index (χ0) is 19.9. The molecular formula is C21H32N4O3. The fourth-order valence-corrected chi connectivity index (χ4v) is 3.88. The Labute approximate surface area is 167 Å². The van der Waals surface area contributed by atoms with Gasteiger partial charge in [0.2, 0.25) is 5.91 Å². The van der Waals surface area contributed by atoms with Crippen molar-refractivity contribution >= 4 is 11.9 Å². The number of nitrogens with one attached hydrogen (secondary N) is 1. The van der Waals surface area contributed by atoms with E-state index in [9.17, 15) is 9.59 Å². The maximum atomic E-state index is 12.6. The van der Waals surface area contributed by atoms with E-state index in [2.05, 4.69) is 16.3 Å². The van der Waals surface area contributed by atoms with Gasteiger partial charge in [0.15, 0.2) is 0 Å². The van der Waals surface area contributed by atoms with Crippen molar-refractivity contribution in [3.05, 3.63) is 29.8 Å². The molecule has 0 saturated carbocycles. The van der Waals surface area contributed by atoms with Crippen LogP contribution in [-0.4, -0.2) is 85.1 Å². The second-order valence-electron chi connectivity index (χ2n) is 7.42. The molecule has 154 valence electrons. The first-order chi connectivity index (χ1) is 13.6. The second-order valence-corrected chi connectivity index (χ2v) is 7.42. The van der Waals surface area contributed by atoms with Crippen molar-refractivity contribution in [1.29, 1.82) is 0 Å². The van der Waals surface area contributed by atoms with Gasteiger partial charge in [-0.3, -0.25) is 9.69 Å². The van der Waals surface area contributed by atoms with Crippen molar-refractivity contribution in [3.63, 3.8) is 0 Å². The van der Waals surface area contributed by atoms with Crippen LogP contribution in [0.15, 0.2) is 24.3 Å². The van der Waals surface area contributed by atoms with Gasteiger partial charge in [0.25, 0.3) is 0 Å². The molecule has 0 aromatic heterocycles. The van der Waals surface area contributed by atoms with E-state index in [0.717, 1.165) is 44.8 Å². The Hall–Kier alpha value is -2.28. The molecule has 1 atom stereocenters. The molecule has 1 aromatic carbocycles. The number of nitrogens with zero attached hydrogens (tertiary/aromatic N) is 3. The topological polar surface area (TPSA) is 65.1 Å². The highest BCUT2D eigenvalue weighted by atomic mass is 16.5. The largest absolute Gasteiger partial charge is 0.488 e. The molecule has 2 aliphatic rings. The number of benzene rings is 1. The number of carbonyl (C=O) groups is 2. The van der Waals surface area contributed by atoms with Gasteiger partial charge in [-0.15, -0.1) is 0 Å². The number of rotatable bonds is 6. The molecule has 0 bridgehead atoms. The first-order valence-electron chi connectivity index (χ1n) is 10.4. The summed E-state index contributed by atoms with van der Waals surface area (Å²) < 4.78 is 5.89. The molecule has 1 aromatic rings. The molecule has 7 heteroatoms. The minimum absolute atomic E-state index is 0.00322. The number of ether oxygens (including phenoxy) is 1. The number of hydrogen-bond acceptors (Lipinski definition) is 4. The number of fused-ring (bicyclic) bond motifs is 1. The first-order valence-corrected chi connectivity index (χ1v) is 10.4. The van der Waals surface area contributed by atoms with Crippen molar-refractivity contribution < 1.29 is 14.3 Å². The van der Waals surface area contributed by atoms with Crippen LogP contribution in [0, 0.1) is 0 Å². The number of amides is 3. The molecular weight excluding hydrogens is 356 g/mol. The monoisotopic (exact) mass is 388 g/mol. The lowest BCUT2D eigenvalue weighted by molar-refractivity contribution is -0.132. The standard InChI is InChI=1S/C21H32N4O3/c1-3-24(4-2)20(26)16-23-10-7-11-25(13-12-23)21(27)22-15-18-14-17-8-5-6-9-19(17)28-18/h5-6,8-9,18H,3-4,7,10-16H2,1-2H3,(H,22,27)/t18-/m0/s1. The fraction of sp³-hybridized carbons (Fsp3) is 0.619. The Morgan fingerprint density at radius 2 is 1.93 bits per heavy atom. The summed E-state index contributed by atoms with van der Waals surface area (Å²) in [7, 11) is 0. The Morgan fingerprint density at radius 1 is 1.14 bits per heavy atom. The van der Waals surface area contributed by atoms with Gasteiger partial charge >= 0.3 is 6.03 Å². The Bertz CT molecular complexity index is 652. The highest BCUT2D eigenvalue weighted by molar-refractivity contribution is 5.78. The van der Waals surface area contributed by atoms with Gasteiger partial charge in [0.05, 0.1) is 13.1 Å². The molecule has 2 aliphatic heterocycles. The van der Waals surface area contributed by atoms with Crippen LogP contribution in [0.2, 0.25) is 0 Å². The molecule has 28 heavy (non-hydrogen) atoms. The number of para-hydroxylation sites is 1. The van der Waals surface area contributed by atoms with Gasteiger partial charge in [-0.2, -0.15) is 0 Å². The number of urea groups is 1. The quantitative estimate of drug-likeness (QED) is 0.804. The van der Waals surface area contributed by atoms with Crippen LogP contribution in [0.4, 0.5) is 4.79 Å². The predicted octanol–water partition coefficient (Wildman–Crippen LogP) is 1.58. The maximum Gasteiger partial charge on any atom is 0.317 e. The molecule has 7 nitrogen and oxygen atoms in total. The third kappa shape index (κ3) is 5.16. The van der Waals surface area contributed by atoms with Crippen molar-refractivity contribution in [2.45, 2.75) is 32.8 Å². The Kier molecular flexibility index (Phi) is 7.14. The van der Waals surface area contributed by atoms with Gasteiger partial charge < -0.3 is 19.9 Å².